The highest BCUT2D eigenvalue weighted by Gasteiger charge is 2.29. The molecule has 6 nitrogen and oxygen atoms in total. The van der Waals surface area contributed by atoms with Gasteiger partial charge in [0.1, 0.15) is 11.4 Å². The van der Waals surface area contributed by atoms with Crippen LogP contribution in [0.2, 0.25) is 5.02 Å². The van der Waals surface area contributed by atoms with E-state index in [2.05, 4.69) is 20.3 Å². The summed E-state index contributed by atoms with van der Waals surface area (Å²) in [5, 5.41) is 14.5. The highest BCUT2D eigenvalue weighted by Crippen LogP contribution is 2.32. The molecular formula is C17H14ClN5OS. The molecule has 0 amide bonds. The molecule has 8 heteroatoms. The number of hydrogen-bond acceptors (Lipinski definition) is 6. The fraction of sp³-hybridized carbons (Fsp3) is 0.176. The predicted molar refractivity (Wildman–Crippen MR) is 97.0 cm³/mol. The Kier molecular flexibility index (Phi) is 3.89. The van der Waals surface area contributed by atoms with Crippen molar-refractivity contribution in [2.75, 3.05) is 0 Å². The Labute approximate surface area is 153 Å². The van der Waals surface area contributed by atoms with E-state index in [1.165, 1.54) is 11.3 Å². The number of halogens is 1. The van der Waals surface area contributed by atoms with Crippen LogP contribution in [0.3, 0.4) is 0 Å². The summed E-state index contributed by atoms with van der Waals surface area (Å²) in [6.45, 7) is 3.93. The maximum Gasteiger partial charge on any atom is 0.235 e. The second kappa shape index (κ2) is 6.09. The number of fused-ring (bicyclic) bond motifs is 1. The first-order valence-corrected chi connectivity index (χ1v) is 8.81. The Balaban J connectivity index is 1.69. The van der Waals surface area contributed by atoms with Crippen molar-refractivity contribution < 1.29 is 4.74 Å². The topological polar surface area (TPSA) is 65.2 Å². The molecule has 0 aliphatic carbocycles. The number of hydrogen-bond donors (Lipinski definition) is 0. The van der Waals surface area contributed by atoms with Gasteiger partial charge < -0.3 is 4.74 Å². The molecule has 0 aliphatic rings. The molecule has 3 heterocycles. The number of benzene rings is 1. The lowest BCUT2D eigenvalue weighted by Gasteiger charge is -2.23. The van der Waals surface area contributed by atoms with Crippen LogP contribution in [0.15, 0.2) is 48.7 Å². The average molecular weight is 372 g/mol. The summed E-state index contributed by atoms with van der Waals surface area (Å²) in [6.07, 6.45) is 1.72. The first-order chi connectivity index (χ1) is 12.0. The van der Waals surface area contributed by atoms with E-state index in [4.69, 9.17) is 16.3 Å². The first-order valence-electron chi connectivity index (χ1n) is 7.62. The van der Waals surface area contributed by atoms with Crippen LogP contribution in [0.25, 0.3) is 16.5 Å². The molecule has 0 atom stereocenters. The monoisotopic (exact) mass is 371 g/mol. The third-order valence-electron chi connectivity index (χ3n) is 3.59. The fourth-order valence-electron chi connectivity index (χ4n) is 2.36. The van der Waals surface area contributed by atoms with Gasteiger partial charge >= 0.3 is 0 Å². The second-order valence-corrected chi connectivity index (χ2v) is 7.30. The maximum absolute atomic E-state index is 6.10. The minimum absolute atomic E-state index is 0.611. The molecule has 126 valence electrons. The zero-order chi connectivity index (χ0) is 17.4. The lowest BCUT2D eigenvalue weighted by atomic mass is 10.1. The van der Waals surface area contributed by atoms with Crippen molar-refractivity contribution in [2.45, 2.75) is 19.4 Å². The van der Waals surface area contributed by atoms with Crippen molar-refractivity contribution in [3.8, 4) is 17.3 Å². The molecule has 0 fully saturated rings. The summed E-state index contributed by atoms with van der Waals surface area (Å²) in [5.74, 6) is 1.34. The molecule has 0 saturated carbocycles. The number of ether oxygens (including phenoxy) is 1. The fourth-order valence-corrected chi connectivity index (χ4v) is 3.36. The van der Waals surface area contributed by atoms with Gasteiger partial charge in [0, 0.05) is 11.2 Å². The van der Waals surface area contributed by atoms with Crippen molar-refractivity contribution in [2.24, 2.45) is 0 Å². The van der Waals surface area contributed by atoms with Crippen molar-refractivity contribution in [3.05, 3.63) is 58.7 Å². The van der Waals surface area contributed by atoms with Crippen LogP contribution in [0.4, 0.5) is 0 Å². The van der Waals surface area contributed by atoms with Gasteiger partial charge in [0.15, 0.2) is 10.6 Å². The minimum atomic E-state index is -0.624. The molecule has 0 radical (unpaired) electrons. The van der Waals surface area contributed by atoms with Crippen molar-refractivity contribution in [1.29, 1.82) is 0 Å². The average Bonchev–Trinajstić information content (AvgIpc) is 3.18. The third-order valence-corrected chi connectivity index (χ3v) is 5.04. The van der Waals surface area contributed by atoms with Crippen LogP contribution in [-0.4, -0.2) is 24.8 Å². The molecule has 4 rings (SSSR count). The highest BCUT2D eigenvalue weighted by molar-refractivity contribution is 7.16. The smallest absolute Gasteiger partial charge is 0.235 e. The second-order valence-electron chi connectivity index (χ2n) is 5.91. The van der Waals surface area contributed by atoms with Crippen LogP contribution >= 0.6 is 22.9 Å². The van der Waals surface area contributed by atoms with Gasteiger partial charge in [0.05, 0.1) is 0 Å². The summed E-state index contributed by atoms with van der Waals surface area (Å²) in [4.78, 5) is 5.01. The van der Waals surface area contributed by atoms with Gasteiger partial charge in [-0.1, -0.05) is 29.0 Å². The van der Waals surface area contributed by atoms with E-state index in [1.807, 2.05) is 44.2 Å². The van der Waals surface area contributed by atoms with Gasteiger partial charge in [-0.05, 0) is 50.2 Å². The van der Waals surface area contributed by atoms with E-state index in [1.54, 1.807) is 22.8 Å². The van der Waals surface area contributed by atoms with E-state index in [0.29, 0.717) is 15.8 Å². The number of nitrogens with zero attached hydrogens (tertiary/aromatic N) is 5. The molecule has 0 aliphatic heterocycles. The van der Waals surface area contributed by atoms with Crippen molar-refractivity contribution in [3.63, 3.8) is 0 Å². The van der Waals surface area contributed by atoms with Gasteiger partial charge in [-0.3, -0.25) is 4.98 Å². The molecule has 0 unspecified atom stereocenters. The van der Waals surface area contributed by atoms with Gasteiger partial charge in [-0.15, -0.1) is 10.2 Å². The zero-order valence-corrected chi connectivity index (χ0v) is 15.1. The Morgan fingerprint density at radius 1 is 1.08 bits per heavy atom. The highest BCUT2D eigenvalue weighted by atomic mass is 35.5. The van der Waals surface area contributed by atoms with E-state index in [0.717, 1.165) is 16.5 Å². The number of aromatic nitrogens is 5. The zero-order valence-electron chi connectivity index (χ0n) is 13.5. The SMILES string of the molecule is CC(C)(Oc1ccc(Cl)cc1)c1nn2c(-c3ccccn3)nnc2s1. The molecule has 3 aromatic heterocycles. The van der Waals surface area contributed by atoms with E-state index < -0.39 is 5.60 Å². The number of rotatable bonds is 4. The van der Waals surface area contributed by atoms with Crippen LogP contribution in [0, 0.1) is 0 Å². The predicted octanol–water partition coefficient (Wildman–Crippen LogP) is 4.22. The van der Waals surface area contributed by atoms with E-state index >= 15 is 0 Å². The quantitative estimate of drug-likeness (QED) is 0.537. The summed E-state index contributed by atoms with van der Waals surface area (Å²) in [6, 6.07) is 12.9. The maximum atomic E-state index is 6.10. The Morgan fingerprint density at radius 3 is 2.60 bits per heavy atom. The largest absolute Gasteiger partial charge is 0.481 e. The number of pyridine rings is 1. The van der Waals surface area contributed by atoms with E-state index in [9.17, 15) is 0 Å². The van der Waals surface area contributed by atoms with Gasteiger partial charge in [-0.2, -0.15) is 9.61 Å². The van der Waals surface area contributed by atoms with Crippen LogP contribution in [-0.2, 0) is 5.60 Å². The van der Waals surface area contributed by atoms with Crippen LogP contribution in [0.5, 0.6) is 5.75 Å². The molecular weight excluding hydrogens is 358 g/mol. The Bertz CT molecular complexity index is 1010. The van der Waals surface area contributed by atoms with Gasteiger partial charge in [0.2, 0.25) is 10.8 Å². The standard InChI is InChI=1S/C17H14ClN5OS/c1-17(2,24-12-8-6-11(18)7-9-12)15-22-23-14(20-21-16(23)25-15)13-5-3-4-10-19-13/h3-10H,1-2H3. The van der Waals surface area contributed by atoms with Crippen LogP contribution in [0.1, 0.15) is 18.9 Å². The van der Waals surface area contributed by atoms with E-state index in [-0.39, 0.29) is 0 Å². The van der Waals surface area contributed by atoms with Crippen molar-refractivity contribution >= 4 is 27.9 Å². The first kappa shape index (κ1) is 16.0. The summed E-state index contributed by atoms with van der Waals surface area (Å²) in [5.41, 5.74) is 0.101. The van der Waals surface area contributed by atoms with Crippen LogP contribution < -0.4 is 4.74 Å². The molecule has 1 aromatic carbocycles. The molecule has 4 aromatic rings. The molecule has 0 N–H and O–H groups in total. The lowest BCUT2D eigenvalue weighted by molar-refractivity contribution is 0.107. The molecule has 0 saturated heterocycles. The van der Waals surface area contributed by atoms with Crippen molar-refractivity contribution in [1.82, 2.24) is 24.8 Å². The summed E-state index contributed by atoms with van der Waals surface area (Å²) in [7, 11) is 0. The third kappa shape index (κ3) is 3.08. The Hall–Kier alpha value is -2.51. The van der Waals surface area contributed by atoms with Gasteiger partial charge in [-0.25, -0.2) is 0 Å². The normalized spacial score (nSPS) is 11.8. The molecule has 0 bridgehead atoms. The minimum Gasteiger partial charge on any atom is -0.481 e. The summed E-state index contributed by atoms with van der Waals surface area (Å²) < 4.78 is 7.80. The van der Waals surface area contributed by atoms with Gasteiger partial charge in [0.25, 0.3) is 0 Å². The molecule has 0 spiro atoms. The Morgan fingerprint density at radius 2 is 1.88 bits per heavy atom. The summed E-state index contributed by atoms with van der Waals surface area (Å²) >= 11 is 7.37. The lowest BCUT2D eigenvalue weighted by Crippen LogP contribution is -2.25. The molecule has 25 heavy (non-hydrogen) atoms.